The highest BCUT2D eigenvalue weighted by molar-refractivity contribution is 8.00. The third-order valence-electron chi connectivity index (χ3n) is 4.34. The van der Waals surface area contributed by atoms with Crippen molar-refractivity contribution < 1.29 is 4.79 Å². The van der Waals surface area contributed by atoms with E-state index in [0.717, 1.165) is 28.1 Å². The van der Waals surface area contributed by atoms with Gasteiger partial charge in [-0.3, -0.25) is 4.79 Å². The van der Waals surface area contributed by atoms with E-state index in [1.54, 1.807) is 23.7 Å². The van der Waals surface area contributed by atoms with Crippen LogP contribution < -0.4 is 5.32 Å². The molecule has 4 nitrogen and oxygen atoms in total. The smallest absolute Gasteiger partial charge is 0.234 e. The topological polar surface area (TPSA) is 54.9 Å². The molecule has 1 amide bonds. The summed E-state index contributed by atoms with van der Waals surface area (Å²) in [7, 11) is 0. The third kappa shape index (κ3) is 4.05. The molecule has 0 spiro atoms. The summed E-state index contributed by atoms with van der Waals surface area (Å²) in [5, 5.41) is 5.78. The number of thiophene rings is 1. The third-order valence-corrected chi connectivity index (χ3v) is 7.56. The Labute approximate surface area is 179 Å². The van der Waals surface area contributed by atoms with Crippen molar-refractivity contribution in [3.8, 4) is 0 Å². The van der Waals surface area contributed by atoms with E-state index >= 15 is 0 Å². The molecule has 140 valence electrons. The summed E-state index contributed by atoms with van der Waals surface area (Å²) >= 11 is 21.2. The van der Waals surface area contributed by atoms with Gasteiger partial charge < -0.3 is 5.32 Å². The number of halogens is 3. The van der Waals surface area contributed by atoms with Crippen molar-refractivity contribution in [3.63, 3.8) is 0 Å². The molecule has 2 aromatic heterocycles. The molecule has 3 aromatic rings. The number of aryl methyl sites for hydroxylation is 2. The first kappa shape index (κ1) is 19.3. The molecule has 0 unspecified atom stereocenters. The number of nitrogens with zero attached hydrogens (tertiary/aromatic N) is 2. The second-order valence-electron chi connectivity index (χ2n) is 6.15. The van der Waals surface area contributed by atoms with Gasteiger partial charge in [-0.1, -0.05) is 46.6 Å². The summed E-state index contributed by atoms with van der Waals surface area (Å²) in [4.78, 5) is 23.6. The van der Waals surface area contributed by atoms with Crippen LogP contribution in [0.15, 0.2) is 23.5 Å². The molecule has 1 aliphatic rings. The number of nitrogens with one attached hydrogen (secondary N) is 1. The average Bonchev–Trinajstić information content (AvgIpc) is 3.03. The van der Waals surface area contributed by atoms with E-state index in [2.05, 4.69) is 15.3 Å². The van der Waals surface area contributed by atoms with Gasteiger partial charge in [0, 0.05) is 10.3 Å². The van der Waals surface area contributed by atoms with Gasteiger partial charge in [-0.05, 0) is 43.4 Å². The second kappa shape index (κ2) is 8.13. The van der Waals surface area contributed by atoms with Crippen LogP contribution in [0.3, 0.4) is 0 Å². The molecule has 0 bridgehead atoms. The minimum atomic E-state index is -0.184. The molecule has 0 saturated heterocycles. The van der Waals surface area contributed by atoms with E-state index in [0.29, 0.717) is 20.8 Å². The number of aromatic nitrogens is 2. The largest absolute Gasteiger partial charge is 0.324 e. The van der Waals surface area contributed by atoms with Gasteiger partial charge in [-0.25, -0.2) is 9.97 Å². The van der Waals surface area contributed by atoms with Crippen LogP contribution in [0, 0.1) is 0 Å². The highest BCUT2D eigenvalue weighted by atomic mass is 35.5. The fraction of sp³-hybridized carbons (Fsp3) is 0.278. The first-order valence-electron chi connectivity index (χ1n) is 8.35. The molecule has 0 aliphatic heterocycles. The monoisotopic (exact) mass is 457 g/mol. The Hall–Kier alpha value is -1.05. The van der Waals surface area contributed by atoms with Crippen molar-refractivity contribution in [1.82, 2.24) is 9.97 Å². The van der Waals surface area contributed by atoms with Gasteiger partial charge >= 0.3 is 0 Å². The number of anilines is 1. The van der Waals surface area contributed by atoms with Crippen molar-refractivity contribution in [2.45, 2.75) is 30.7 Å². The number of thioether (sulfide) groups is 1. The SMILES string of the molecule is O=C(CSc1ncnc2sc3c(c12)CCCC3)Nc1cc(Cl)c(Cl)cc1Cl. The van der Waals surface area contributed by atoms with Crippen LogP contribution in [-0.2, 0) is 17.6 Å². The Morgan fingerprint density at radius 1 is 1.11 bits per heavy atom. The predicted molar refractivity (Wildman–Crippen MR) is 115 cm³/mol. The Morgan fingerprint density at radius 2 is 1.89 bits per heavy atom. The van der Waals surface area contributed by atoms with Crippen molar-refractivity contribution in [2.75, 3.05) is 11.1 Å². The maximum absolute atomic E-state index is 12.4. The fourth-order valence-corrected chi connectivity index (χ4v) is 5.82. The Morgan fingerprint density at radius 3 is 2.74 bits per heavy atom. The summed E-state index contributed by atoms with van der Waals surface area (Å²) in [6, 6.07) is 3.06. The normalized spacial score (nSPS) is 13.6. The molecule has 1 N–H and O–H groups in total. The van der Waals surface area contributed by atoms with Crippen molar-refractivity contribution in [1.29, 1.82) is 0 Å². The van der Waals surface area contributed by atoms with Gasteiger partial charge in [-0.15, -0.1) is 11.3 Å². The lowest BCUT2D eigenvalue weighted by Gasteiger charge is -2.11. The molecule has 27 heavy (non-hydrogen) atoms. The molecule has 9 heteroatoms. The highest BCUT2D eigenvalue weighted by Gasteiger charge is 2.20. The van der Waals surface area contributed by atoms with Gasteiger partial charge in [0.15, 0.2) is 0 Å². The zero-order chi connectivity index (χ0) is 19.0. The number of carbonyl (C=O) groups excluding carboxylic acids is 1. The van der Waals surface area contributed by atoms with Crippen LogP contribution in [0.25, 0.3) is 10.2 Å². The van der Waals surface area contributed by atoms with E-state index < -0.39 is 0 Å². The van der Waals surface area contributed by atoms with Crippen LogP contribution in [0.4, 0.5) is 5.69 Å². The van der Waals surface area contributed by atoms with E-state index in [4.69, 9.17) is 34.8 Å². The predicted octanol–water partition coefficient (Wildman–Crippen LogP) is 6.26. The van der Waals surface area contributed by atoms with E-state index in [1.807, 2.05) is 0 Å². The lowest BCUT2D eigenvalue weighted by Crippen LogP contribution is -2.14. The lowest BCUT2D eigenvalue weighted by molar-refractivity contribution is -0.113. The molecule has 0 saturated carbocycles. The molecular formula is C18H14Cl3N3OS2. The number of carbonyl (C=O) groups is 1. The van der Waals surface area contributed by atoms with Crippen LogP contribution in [-0.4, -0.2) is 21.6 Å². The summed E-state index contributed by atoms with van der Waals surface area (Å²) in [6.45, 7) is 0. The average molecular weight is 459 g/mol. The van der Waals surface area contributed by atoms with Gasteiger partial charge in [0.25, 0.3) is 0 Å². The Kier molecular flexibility index (Phi) is 5.81. The maximum atomic E-state index is 12.4. The quantitative estimate of drug-likeness (QED) is 0.285. The van der Waals surface area contributed by atoms with Gasteiger partial charge in [0.05, 0.1) is 26.5 Å². The number of fused-ring (bicyclic) bond motifs is 3. The molecule has 2 heterocycles. The van der Waals surface area contributed by atoms with Crippen molar-refractivity contribution in [3.05, 3.63) is 44.0 Å². The fourth-order valence-electron chi connectivity index (χ4n) is 3.11. The summed E-state index contributed by atoms with van der Waals surface area (Å²) in [5.41, 5.74) is 1.80. The summed E-state index contributed by atoms with van der Waals surface area (Å²) in [5.74, 6) is 0.0315. The number of amides is 1. The van der Waals surface area contributed by atoms with Crippen LogP contribution in [0.2, 0.25) is 15.1 Å². The standard InChI is InChI=1S/C18H14Cl3N3OS2/c19-10-5-12(21)13(6-11(10)20)24-15(25)7-26-17-16-9-3-1-2-4-14(9)27-18(16)23-8-22-17/h5-6,8H,1-4,7H2,(H,24,25). The van der Waals surface area contributed by atoms with Crippen molar-refractivity contribution >= 4 is 79.7 Å². The molecule has 0 radical (unpaired) electrons. The van der Waals surface area contributed by atoms with Gasteiger partial charge in [-0.2, -0.15) is 0 Å². The molecule has 0 atom stereocenters. The Bertz CT molecular complexity index is 1040. The number of hydrogen-bond donors (Lipinski definition) is 1. The number of benzene rings is 1. The van der Waals surface area contributed by atoms with Gasteiger partial charge in [0.1, 0.15) is 16.2 Å². The van der Waals surface area contributed by atoms with E-state index in [-0.39, 0.29) is 11.7 Å². The minimum absolute atomic E-state index is 0.184. The van der Waals surface area contributed by atoms with E-state index in [1.165, 1.54) is 41.1 Å². The minimum Gasteiger partial charge on any atom is -0.324 e. The van der Waals surface area contributed by atoms with Gasteiger partial charge in [0.2, 0.25) is 5.91 Å². The van der Waals surface area contributed by atoms with Crippen LogP contribution in [0.5, 0.6) is 0 Å². The maximum Gasteiger partial charge on any atom is 0.234 e. The molecule has 1 aliphatic carbocycles. The zero-order valence-electron chi connectivity index (χ0n) is 14.0. The number of hydrogen-bond acceptors (Lipinski definition) is 5. The highest BCUT2D eigenvalue weighted by Crippen LogP contribution is 2.39. The zero-order valence-corrected chi connectivity index (χ0v) is 17.9. The molecule has 4 rings (SSSR count). The second-order valence-corrected chi connectivity index (χ2v) is 9.42. The Balaban J connectivity index is 1.51. The molecule has 0 fully saturated rings. The first-order chi connectivity index (χ1) is 13.0. The summed E-state index contributed by atoms with van der Waals surface area (Å²) < 4.78 is 0. The summed E-state index contributed by atoms with van der Waals surface area (Å²) in [6.07, 6.45) is 6.15. The molecule has 1 aromatic carbocycles. The first-order valence-corrected chi connectivity index (χ1v) is 11.3. The van der Waals surface area contributed by atoms with Crippen LogP contribution >= 0.6 is 57.9 Å². The van der Waals surface area contributed by atoms with Crippen LogP contribution in [0.1, 0.15) is 23.3 Å². The number of rotatable bonds is 4. The lowest BCUT2D eigenvalue weighted by atomic mass is 9.97. The van der Waals surface area contributed by atoms with E-state index in [9.17, 15) is 4.79 Å². The molecular weight excluding hydrogens is 445 g/mol. The van der Waals surface area contributed by atoms with Crippen molar-refractivity contribution in [2.24, 2.45) is 0 Å².